The van der Waals surface area contributed by atoms with Crippen LogP contribution in [0.2, 0.25) is 0 Å². The van der Waals surface area contributed by atoms with Crippen LogP contribution in [0.1, 0.15) is 32.8 Å². The molecule has 1 fully saturated rings. The number of amides is 1. The number of hydrogen-bond acceptors (Lipinski definition) is 6. The molecule has 0 unspecified atom stereocenters. The fourth-order valence-electron chi connectivity index (χ4n) is 3.07. The second-order valence-corrected chi connectivity index (χ2v) is 8.58. The Labute approximate surface area is 215 Å². The van der Waals surface area contributed by atoms with Crippen molar-refractivity contribution in [2.75, 3.05) is 59.6 Å². The van der Waals surface area contributed by atoms with Gasteiger partial charge in [0.25, 0.3) is 0 Å². The summed E-state index contributed by atoms with van der Waals surface area (Å²) in [6.07, 6.45) is 0.360. The van der Waals surface area contributed by atoms with Crippen molar-refractivity contribution in [1.29, 1.82) is 0 Å². The standard InChI is InChI=1S/C23H39N5O4.HI/c1-23(2,3)32-22(29)26-10-6-9-25-21(24-4)27-18-19-7-5-8-20(17-19)31-16-13-28-11-14-30-15-12-28;/h5,7-8,17H,6,9-16,18H2,1-4H3,(H,26,29)(H2,24,25,27);1H. The van der Waals surface area contributed by atoms with Gasteiger partial charge in [-0.05, 0) is 44.9 Å². The van der Waals surface area contributed by atoms with E-state index in [0.29, 0.717) is 32.2 Å². The molecular formula is C23H40IN5O4. The number of halogens is 1. The smallest absolute Gasteiger partial charge is 0.407 e. The van der Waals surface area contributed by atoms with Gasteiger partial charge in [-0.2, -0.15) is 0 Å². The Morgan fingerprint density at radius 2 is 1.88 bits per heavy atom. The van der Waals surface area contributed by atoms with Crippen molar-refractivity contribution < 1.29 is 19.0 Å². The first-order valence-electron chi connectivity index (χ1n) is 11.3. The van der Waals surface area contributed by atoms with Gasteiger partial charge in [0.05, 0.1) is 13.2 Å². The minimum Gasteiger partial charge on any atom is -0.492 e. The predicted molar refractivity (Wildman–Crippen MR) is 142 cm³/mol. The molecule has 0 bridgehead atoms. The molecule has 3 N–H and O–H groups in total. The average Bonchev–Trinajstić information content (AvgIpc) is 2.75. The number of benzene rings is 1. The molecule has 1 heterocycles. The third kappa shape index (κ3) is 13.5. The lowest BCUT2D eigenvalue weighted by Gasteiger charge is -2.26. The molecule has 188 valence electrons. The maximum atomic E-state index is 11.6. The lowest BCUT2D eigenvalue weighted by molar-refractivity contribution is 0.0322. The Morgan fingerprint density at radius 3 is 2.58 bits per heavy atom. The van der Waals surface area contributed by atoms with Gasteiger partial charge >= 0.3 is 6.09 Å². The average molecular weight is 578 g/mol. The summed E-state index contributed by atoms with van der Waals surface area (Å²) in [5.41, 5.74) is 0.628. The second-order valence-electron chi connectivity index (χ2n) is 8.58. The number of carbonyl (C=O) groups is 1. The number of rotatable bonds is 10. The van der Waals surface area contributed by atoms with Gasteiger partial charge in [0, 0.05) is 46.3 Å². The van der Waals surface area contributed by atoms with Gasteiger partial charge in [0.1, 0.15) is 18.0 Å². The third-order valence-corrected chi connectivity index (χ3v) is 4.68. The van der Waals surface area contributed by atoms with Crippen LogP contribution in [0, 0.1) is 0 Å². The number of guanidine groups is 1. The van der Waals surface area contributed by atoms with E-state index in [-0.39, 0.29) is 24.0 Å². The van der Waals surface area contributed by atoms with E-state index in [1.54, 1.807) is 7.05 Å². The predicted octanol–water partition coefficient (Wildman–Crippen LogP) is 2.60. The summed E-state index contributed by atoms with van der Waals surface area (Å²) in [5.74, 6) is 1.58. The lowest BCUT2D eigenvalue weighted by atomic mass is 10.2. The van der Waals surface area contributed by atoms with Gasteiger partial charge in [-0.1, -0.05) is 12.1 Å². The number of hydrogen-bond donors (Lipinski definition) is 3. The van der Waals surface area contributed by atoms with Crippen LogP contribution in [0.4, 0.5) is 4.79 Å². The molecule has 1 aliphatic rings. The van der Waals surface area contributed by atoms with Gasteiger partial charge in [-0.15, -0.1) is 24.0 Å². The van der Waals surface area contributed by atoms with Crippen LogP contribution in [0.5, 0.6) is 5.75 Å². The number of morpholine rings is 1. The summed E-state index contributed by atoms with van der Waals surface area (Å²) in [6.45, 7) is 12.5. The zero-order valence-electron chi connectivity index (χ0n) is 20.3. The van der Waals surface area contributed by atoms with Crippen LogP contribution in [0.15, 0.2) is 29.3 Å². The maximum Gasteiger partial charge on any atom is 0.407 e. The van der Waals surface area contributed by atoms with Crippen LogP contribution in [0.3, 0.4) is 0 Å². The molecule has 1 aliphatic heterocycles. The molecule has 1 aromatic carbocycles. The molecule has 33 heavy (non-hydrogen) atoms. The fraction of sp³-hybridized carbons (Fsp3) is 0.652. The number of nitrogens with zero attached hydrogens (tertiary/aromatic N) is 2. The van der Waals surface area contributed by atoms with Crippen LogP contribution in [-0.2, 0) is 16.0 Å². The molecule has 10 heteroatoms. The first kappa shape index (κ1) is 29.2. The highest BCUT2D eigenvalue weighted by Crippen LogP contribution is 2.13. The van der Waals surface area contributed by atoms with E-state index in [1.807, 2.05) is 39.0 Å². The maximum absolute atomic E-state index is 11.6. The van der Waals surface area contributed by atoms with Crippen LogP contribution < -0.4 is 20.7 Å². The SMILES string of the molecule is CN=C(NCCCNC(=O)OC(C)(C)C)NCc1cccc(OCCN2CCOCC2)c1.I. The van der Waals surface area contributed by atoms with E-state index in [2.05, 4.69) is 31.9 Å². The Balaban J connectivity index is 0.00000544. The monoisotopic (exact) mass is 577 g/mol. The second kappa shape index (κ2) is 15.9. The number of carbonyl (C=O) groups excluding carboxylic acids is 1. The first-order valence-corrected chi connectivity index (χ1v) is 11.3. The molecule has 0 radical (unpaired) electrons. The summed E-state index contributed by atoms with van der Waals surface area (Å²) < 4.78 is 16.5. The van der Waals surface area contributed by atoms with E-state index in [0.717, 1.165) is 50.6 Å². The Kier molecular flexibility index (Phi) is 14.1. The zero-order valence-corrected chi connectivity index (χ0v) is 22.6. The molecule has 0 aromatic heterocycles. The largest absolute Gasteiger partial charge is 0.492 e. The van der Waals surface area contributed by atoms with E-state index >= 15 is 0 Å². The summed E-state index contributed by atoms with van der Waals surface area (Å²) in [5, 5.41) is 9.30. The van der Waals surface area contributed by atoms with Crippen molar-refractivity contribution in [2.45, 2.75) is 39.3 Å². The molecule has 1 saturated heterocycles. The van der Waals surface area contributed by atoms with Crippen molar-refractivity contribution >= 4 is 36.0 Å². The Bertz CT molecular complexity index is 721. The first-order chi connectivity index (χ1) is 15.4. The zero-order chi connectivity index (χ0) is 23.2. The topological polar surface area (TPSA) is 96.5 Å². The summed E-state index contributed by atoms with van der Waals surface area (Å²) >= 11 is 0. The van der Waals surface area contributed by atoms with E-state index in [9.17, 15) is 4.79 Å². The van der Waals surface area contributed by atoms with Gasteiger partial charge in [-0.3, -0.25) is 9.89 Å². The highest BCUT2D eigenvalue weighted by atomic mass is 127. The Morgan fingerprint density at radius 1 is 1.15 bits per heavy atom. The quantitative estimate of drug-likeness (QED) is 0.170. The van der Waals surface area contributed by atoms with E-state index in [1.165, 1.54) is 0 Å². The number of nitrogens with one attached hydrogen (secondary N) is 3. The van der Waals surface area contributed by atoms with Crippen LogP contribution >= 0.6 is 24.0 Å². The van der Waals surface area contributed by atoms with E-state index in [4.69, 9.17) is 14.2 Å². The highest BCUT2D eigenvalue weighted by molar-refractivity contribution is 14.0. The molecule has 2 rings (SSSR count). The number of ether oxygens (including phenoxy) is 3. The number of aliphatic imine (C=N–C) groups is 1. The number of alkyl carbamates (subject to hydrolysis) is 1. The molecule has 0 spiro atoms. The molecule has 0 saturated carbocycles. The minimum atomic E-state index is -0.487. The normalized spacial score (nSPS) is 14.7. The van der Waals surface area contributed by atoms with E-state index < -0.39 is 11.7 Å². The van der Waals surface area contributed by atoms with Gasteiger partial charge < -0.3 is 30.2 Å². The van der Waals surface area contributed by atoms with Crippen molar-refractivity contribution in [3.63, 3.8) is 0 Å². The van der Waals surface area contributed by atoms with Crippen molar-refractivity contribution in [1.82, 2.24) is 20.9 Å². The summed E-state index contributed by atoms with van der Waals surface area (Å²) in [4.78, 5) is 18.2. The van der Waals surface area contributed by atoms with Gasteiger partial charge in [0.15, 0.2) is 5.96 Å². The summed E-state index contributed by atoms with van der Waals surface area (Å²) in [6, 6.07) is 8.08. The molecule has 0 atom stereocenters. The van der Waals surface area contributed by atoms with Crippen molar-refractivity contribution in [3.05, 3.63) is 29.8 Å². The molecule has 9 nitrogen and oxygen atoms in total. The van der Waals surface area contributed by atoms with Crippen LogP contribution in [0.25, 0.3) is 0 Å². The minimum absolute atomic E-state index is 0. The van der Waals surface area contributed by atoms with Crippen molar-refractivity contribution in [3.8, 4) is 5.75 Å². The molecule has 0 aliphatic carbocycles. The molecule has 1 amide bonds. The molecular weight excluding hydrogens is 537 g/mol. The van der Waals surface area contributed by atoms with Gasteiger partial charge in [0.2, 0.25) is 0 Å². The fourth-order valence-corrected chi connectivity index (χ4v) is 3.07. The molecule has 1 aromatic rings. The highest BCUT2D eigenvalue weighted by Gasteiger charge is 2.15. The van der Waals surface area contributed by atoms with Crippen molar-refractivity contribution in [2.24, 2.45) is 4.99 Å². The third-order valence-electron chi connectivity index (χ3n) is 4.68. The van der Waals surface area contributed by atoms with Gasteiger partial charge in [-0.25, -0.2) is 4.79 Å². The van der Waals surface area contributed by atoms with Crippen LogP contribution in [-0.4, -0.2) is 82.1 Å². The Hall–Kier alpha value is -1.79. The lowest BCUT2D eigenvalue weighted by Crippen LogP contribution is -2.39. The summed E-state index contributed by atoms with van der Waals surface area (Å²) in [7, 11) is 1.74.